The first-order chi connectivity index (χ1) is 21.7. The van der Waals surface area contributed by atoms with Crippen LogP contribution in [0.2, 0.25) is 0 Å². The van der Waals surface area contributed by atoms with Gasteiger partial charge in [0.2, 0.25) is 5.79 Å². The molecule has 1 aromatic carbocycles. The van der Waals surface area contributed by atoms with Crippen LogP contribution in [0.25, 0.3) is 0 Å². The fraction of sp³-hybridized carbons (Fsp3) is 0.730. The number of fused-ring (bicyclic) bond motifs is 5. The van der Waals surface area contributed by atoms with Gasteiger partial charge >= 0.3 is 12.2 Å². The van der Waals surface area contributed by atoms with Gasteiger partial charge in [-0.15, -0.1) is 0 Å². The van der Waals surface area contributed by atoms with Crippen molar-refractivity contribution < 1.29 is 33.6 Å². The maximum atomic E-state index is 13.1. The van der Waals surface area contributed by atoms with Gasteiger partial charge in [-0.05, 0) is 79.2 Å². The number of aliphatic hydroxyl groups is 1. The van der Waals surface area contributed by atoms with Crippen molar-refractivity contribution in [1.82, 2.24) is 4.90 Å². The van der Waals surface area contributed by atoms with E-state index in [1.54, 1.807) is 26.2 Å². The van der Waals surface area contributed by atoms with Gasteiger partial charge < -0.3 is 29.0 Å². The van der Waals surface area contributed by atoms with Crippen molar-refractivity contribution in [2.45, 2.75) is 91.3 Å². The van der Waals surface area contributed by atoms with Crippen LogP contribution in [-0.4, -0.2) is 67.7 Å². The zero-order valence-electron chi connectivity index (χ0n) is 28.7. The highest BCUT2D eigenvalue weighted by Gasteiger charge is 2.68. The predicted molar refractivity (Wildman–Crippen MR) is 175 cm³/mol. The summed E-state index contributed by atoms with van der Waals surface area (Å²) in [4.78, 5) is 27.3. The number of nitrogens with one attached hydrogen (secondary N) is 1. The molecule has 1 aromatic rings. The van der Waals surface area contributed by atoms with Gasteiger partial charge in [0.1, 0.15) is 6.10 Å². The van der Waals surface area contributed by atoms with Gasteiger partial charge in [0.15, 0.2) is 6.29 Å². The van der Waals surface area contributed by atoms with Crippen LogP contribution in [0.15, 0.2) is 42.5 Å². The van der Waals surface area contributed by atoms with Crippen LogP contribution < -0.4 is 5.32 Å². The molecule has 2 N–H and O–H groups in total. The number of benzene rings is 1. The van der Waals surface area contributed by atoms with Gasteiger partial charge in [-0.3, -0.25) is 5.32 Å². The minimum Gasteiger partial charge on any atom is -0.446 e. The zero-order chi connectivity index (χ0) is 33.1. The monoisotopic (exact) mass is 638 g/mol. The topological polar surface area (TPSA) is 107 Å². The van der Waals surface area contributed by atoms with E-state index in [9.17, 15) is 14.7 Å². The lowest BCUT2D eigenvalue weighted by atomic mass is 9.44. The van der Waals surface area contributed by atoms with Crippen LogP contribution in [0.4, 0.5) is 15.3 Å². The lowest BCUT2D eigenvalue weighted by molar-refractivity contribution is -0.309. The number of carbonyl (C=O) groups excluding carboxylic acids is 2. The summed E-state index contributed by atoms with van der Waals surface area (Å²) >= 11 is 0. The molecule has 4 unspecified atom stereocenters. The number of hydrogen-bond donors (Lipinski definition) is 2. The van der Waals surface area contributed by atoms with E-state index >= 15 is 0 Å². The fourth-order valence-electron chi connectivity index (χ4n) is 10.1. The van der Waals surface area contributed by atoms with Gasteiger partial charge in [-0.2, -0.15) is 0 Å². The Hall–Kier alpha value is -2.62. The number of para-hydroxylation sites is 1. The summed E-state index contributed by atoms with van der Waals surface area (Å²) in [6.07, 6.45) is 7.34. The number of allylic oxidation sites excluding steroid dienone is 2. The number of hydrogen-bond acceptors (Lipinski definition) is 7. The van der Waals surface area contributed by atoms with Crippen LogP contribution in [0.3, 0.4) is 0 Å². The normalized spacial score (nSPS) is 40.5. The van der Waals surface area contributed by atoms with E-state index in [1.807, 2.05) is 18.2 Å². The van der Waals surface area contributed by atoms with Gasteiger partial charge in [-0.25, -0.2) is 9.59 Å². The molecule has 1 aliphatic heterocycles. The number of anilines is 1. The summed E-state index contributed by atoms with van der Waals surface area (Å²) in [6, 6.07) is 9.13. The van der Waals surface area contributed by atoms with Gasteiger partial charge in [0.25, 0.3) is 0 Å². The van der Waals surface area contributed by atoms with Crippen molar-refractivity contribution in [1.29, 1.82) is 0 Å². The molecule has 1 heterocycles. The van der Waals surface area contributed by atoms with Crippen molar-refractivity contribution in [3.8, 4) is 0 Å². The van der Waals surface area contributed by atoms with Crippen LogP contribution >= 0.6 is 0 Å². The maximum absolute atomic E-state index is 13.1. The Kier molecular flexibility index (Phi) is 8.77. The molecule has 0 radical (unpaired) electrons. The van der Waals surface area contributed by atoms with Gasteiger partial charge in [-0.1, -0.05) is 65.0 Å². The highest BCUT2D eigenvalue weighted by molar-refractivity contribution is 5.84. The SMILES string of the molecule is CC(C1OCC(C)(C)CO1)[C@H]1CC[C@H]2[C@@H]3C=CC4CC(OC(=O)Nc5ccccc5)CC(O)(OC(=O)N(C)C)[C@]4(C)[C@H]3CC[C@]12C. The summed E-state index contributed by atoms with van der Waals surface area (Å²) in [7, 11) is 3.23. The molecule has 9 heteroatoms. The quantitative estimate of drug-likeness (QED) is 0.262. The molecule has 46 heavy (non-hydrogen) atoms. The number of rotatable bonds is 5. The highest BCUT2D eigenvalue weighted by atomic mass is 16.7. The smallest absolute Gasteiger partial charge is 0.411 e. The van der Waals surface area contributed by atoms with E-state index in [0.717, 1.165) is 25.7 Å². The molecule has 5 aliphatic rings. The molecule has 4 fully saturated rings. The Labute approximate surface area is 274 Å². The third kappa shape index (κ3) is 5.74. The molecule has 4 aliphatic carbocycles. The van der Waals surface area contributed by atoms with Crippen molar-refractivity contribution in [3.63, 3.8) is 0 Å². The number of amides is 2. The first-order valence-electron chi connectivity index (χ1n) is 17.2. The van der Waals surface area contributed by atoms with Crippen LogP contribution in [0.5, 0.6) is 0 Å². The molecular formula is C37H54N2O7. The van der Waals surface area contributed by atoms with Gasteiger partial charge in [0, 0.05) is 36.5 Å². The number of nitrogens with zero attached hydrogens (tertiary/aromatic N) is 1. The molecule has 6 rings (SSSR count). The third-order valence-electron chi connectivity index (χ3n) is 12.6. The Morgan fingerprint density at radius 2 is 1.70 bits per heavy atom. The Balaban J connectivity index is 1.24. The molecule has 9 nitrogen and oxygen atoms in total. The van der Waals surface area contributed by atoms with Crippen LogP contribution in [-0.2, 0) is 18.9 Å². The minimum atomic E-state index is -1.82. The molecule has 0 aromatic heterocycles. The molecule has 254 valence electrons. The Bertz CT molecular complexity index is 1310. The second-order valence-electron chi connectivity index (χ2n) is 16.3. The number of carbonyl (C=O) groups is 2. The van der Waals surface area contributed by atoms with E-state index in [-0.39, 0.29) is 47.2 Å². The van der Waals surface area contributed by atoms with E-state index in [1.165, 1.54) is 4.90 Å². The average molecular weight is 639 g/mol. The second kappa shape index (κ2) is 12.1. The molecule has 3 saturated carbocycles. The summed E-state index contributed by atoms with van der Waals surface area (Å²) in [5.74, 6) is -0.410. The van der Waals surface area contributed by atoms with Crippen molar-refractivity contribution in [3.05, 3.63) is 42.5 Å². The molecule has 1 saturated heterocycles. The van der Waals surface area contributed by atoms with Crippen molar-refractivity contribution >= 4 is 17.9 Å². The van der Waals surface area contributed by atoms with Gasteiger partial charge in [0.05, 0.1) is 19.6 Å². The zero-order valence-corrected chi connectivity index (χ0v) is 28.7. The first-order valence-corrected chi connectivity index (χ1v) is 17.2. The molecule has 0 bridgehead atoms. The van der Waals surface area contributed by atoms with Crippen LogP contribution in [0, 0.1) is 51.8 Å². The Morgan fingerprint density at radius 3 is 2.37 bits per heavy atom. The lowest BCUT2D eigenvalue weighted by Gasteiger charge is -2.63. The first kappa shape index (κ1) is 33.3. The fourth-order valence-corrected chi connectivity index (χ4v) is 10.1. The highest BCUT2D eigenvalue weighted by Crippen LogP contribution is 2.69. The summed E-state index contributed by atoms with van der Waals surface area (Å²) < 4.78 is 24.5. The third-order valence-corrected chi connectivity index (χ3v) is 12.6. The van der Waals surface area contributed by atoms with Crippen molar-refractivity contribution in [2.24, 2.45) is 51.8 Å². The predicted octanol–water partition coefficient (Wildman–Crippen LogP) is 7.07. The second-order valence-corrected chi connectivity index (χ2v) is 16.3. The van der Waals surface area contributed by atoms with Crippen molar-refractivity contribution in [2.75, 3.05) is 32.6 Å². The maximum Gasteiger partial charge on any atom is 0.411 e. The standard InChI is InChI=1S/C37H54N2O7/c1-23(31-43-21-34(2,3)22-44-31)28-15-16-29-27-14-13-24-19-26(45-32(40)38-25-11-9-8-10-12-25)20-37(42,46-33(41)39(6)7)36(24,5)30(27)17-18-35(28,29)4/h8-14,23-24,26-31,42H,15-22H2,1-7H3,(H,38,40)/t23?,24?,26?,27-,28+,29-,30-,35+,36-,37?/m0/s1. The lowest BCUT2D eigenvalue weighted by Crippen LogP contribution is -2.66. The molecule has 2 amide bonds. The Morgan fingerprint density at radius 1 is 1.00 bits per heavy atom. The molecular weight excluding hydrogens is 584 g/mol. The van der Waals surface area contributed by atoms with E-state index in [4.69, 9.17) is 18.9 Å². The van der Waals surface area contributed by atoms with E-state index in [0.29, 0.717) is 37.2 Å². The minimum absolute atomic E-state index is 0.0210. The largest absolute Gasteiger partial charge is 0.446 e. The number of ether oxygens (including phenoxy) is 4. The molecule has 0 spiro atoms. The summed E-state index contributed by atoms with van der Waals surface area (Å²) in [6.45, 7) is 12.7. The summed E-state index contributed by atoms with van der Waals surface area (Å²) in [5, 5.41) is 15.3. The van der Waals surface area contributed by atoms with E-state index < -0.39 is 29.5 Å². The van der Waals surface area contributed by atoms with E-state index in [2.05, 4.69) is 52.1 Å². The molecule has 10 atom stereocenters. The van der Waals surface area contributed by atoms with Crippen LogP contribution in [0.1, 0.15) is 73.1 Å². The summed E-state index contributed by atoms with van der Waals surface area (Å²) in [5.41, 5.74) is 0.0303. The average Bonchev–Trinajstić information content (AvgIpc) is 3.35.